The van der Waals surface area contributed by atoms with Crippen LogP contribution in [0.2, 0.25) is 0 Å². The van der Waals surface area contributed by atoms with Crippen LogP contribution in [0, 0.1) is 26.2 Å². The first kappa shape index (κ1) is 20.0. The van der Waals surface area contributed by atoms with Crippen LogP contribution in [0.5, 0.6) is 5.75 Å². The van der Waals surface area contributed by atoms with Crippen molar-refractivity contribution < 1.29 is 9.31 Å². The molecule has 3 nitrogen and oxygen atoms in total. The molecule has 1 fully saturated rings. The Morgan fingerprint density at radius 1 is 1.07 bits per heavy atom. The zero-order valence-corrected chi connectivity index (χ0v) is 19.0. The van der Waals surface area contributed by atoms with Crippen molar-refractivity contribution >= 4 is 12.0 Å². The number of ether oxygens (including phenoxy) is 1. The van der Waals surface area contributed by atoms with Gasteiger partial charge in [0.2, 0.25) is 6.34 Å². The summed E-state index contributed by atoms with van der Waals surface area (Å²) in [5, 5.41) is 0. The van der Waals surface area contributed by atoms with Gasteiger partial charge in [0.1, 0.15) is 18.1 Å². The third-order valence-corrected chi connectivity index (χ3v) is 7.89. The Bertz CT molecular complexity index is 951. The molecular formula is C26H35N2O+. The van der Waals surface area contributed by atoms with Crippen LogP contribution >= 0.6 is 0 Å². The molecule has 1 saturated carbocycles. The number of fused-ring (bicyclic) bond motifs is 2. The third kappa shape index (κ3) is 2.97. The molecule has 3 heteroatoms. The lowest BCUT2D eigenvalue weighted by atomic mass is 9.72. The summed E-state index contributed by atoms with van der Waals surface area (Å²) in [7, 11) is 1.77. The quantitative estimate of drug-likeness (QED) is 0.628. The minimum Gasteiger partial charge on any atom is -0.492 e. The Morgan fingerprint density at radius 3 is 2.38 bits per heavy atom. The van der Waals surface area contributed by atoms with Crippen molar-refractivity contribution in [3.8, 4) is 5.75 Å². The SMILES string of the molecule is COc1ccccc1N1C=[N+](Cc2c(C)cc(C)cc2C)[C@]2(C)CC[C@H]1C2(C)C. The second kappa shape index (κ2) is 6.90. The molecule has 2 aromatic rings. The highest BCUT2D eigenvalue weighted by molar-refractivity contribution is 5.81. The van der Waals surface area contributed by atoms with Gasteiger partial charge in [-0.15, -0.1) is 0 Å². The molecule has 1 aliphatic carbocycles. The van der Waals surface area contributed by atoms with E-state index in [-0.39, 0.29) is 11.0 Å². The Morgan fingerprint density at radius 2 is 1.72 bits per heavy atom. The van der Waals surface area contributed by atoms with Gasteiger partial charge < -0.3 is 4.74 Å². The van der Waals surface area contributed by atoms with Gasteiger partial charge in [0.25, 0.3) is 0 Å². The van der Waals surface area contributed by atoms with Gasteiger partial charge in [0.15, 0.2) is 11.4 Å². The van der Waals surface area contributed by atoms with E-state index in [0.717, 1.165) is 12.3 Å². The van der Waals surface area contributed by atoms with Gasteiger partial charge in [-0.2, -0.15) is 0 Å². The molecule has 0 saturated heterocycles. The summed E-state index contributed by atoms with van der Waals surface area (Å²) >= 11 is 0. The van der Waals surface area contributed by atoms with Gasteiger partial charge in [0.05, 0.1) is 7.11 Å². The lowest BCUT2D eigenvalue weighted by Crippen LogP contribution is -2.61. The summed E-state index contributed by atoms with van der Waals surface area (Å²) in [4.78, 5) is 2.48. The molecule has 1 heterocycles. The average molecular weight is 392 g/mol. The van der Waals surface area contributed by atoms with E-state index in [0.29, 0.717) is 6.04 Å². The van der Waals surface area contributed by atoms with Crippen molar-refractivity contribution in [1.29, 1.82) is 0 Å². The standard InChI is InChI=1S/C26H35N2O/c1-18-14-19(2)21(20(3)15-18)16-27-17-28(22-10-8-9-11-23(22)29-7)24-12-13-26(27,6)25(24,4)5/h8-11,14-15,17,24H,12-13,16H2,1-7H3/q+1/t24-,26+/m0/s1. The summed E-state index contributed by atoms with van der Waals surface area (Å²) in [6.07, 6.45) is 4.77. The minimum absolute atomic E-state index is 0.139. The molecule has 154 valence electrons. The van der Waals surface area contributed by atoms with Gasteiger partial charge in [-0.3, -0.25) is 4.58 Å². The molecule has 0 unspecified atom stereocenters. The van der Waals surface area contributed by atoms with E-state index in [4.69, 9.17) is 4.74 Å². The molecule has 29 heavy (non-hydrogen) atoms. The lowest BCUT2D eigenvalue weighted by molar-refractivity contribution is -0.634. The largest absolute Gasteiger partial charge is 0.492 e. The van der Waals surface area contributed by atoms with Crippen LogP contribution in [0.15, 0.2) is 36.4 Å². The van der Waals surface area contributed by atoms with E-state index >= 15 is 0 Å². The number of benzene rings is 2. The summed E-state index contributed by atoms with van der Waals surface area (Å²) in [5.74, 6) is 0.942. The van der Waals surface area contributed by atoms with Gasteiger partial charge >= 0.3 is 0 Å². The molecule has 0 amide bonds. The van der Waals surface area contributed by atoms with E-state index in [2.05, 4.69) is 87.7 Å². The fourth-order valence-corrected chi connectivity index (χ4v) is 5.74. The number of hydrogen-bond donors (Lipinski definition) is 0. The fourth-order valence-electron chi connectivity index (χ4n) is 5.74. The highest BCUT2D eigenvalue weighted by Crippen LogP contribution is 2.54. The van der Waals surface area contributed by atoms with E-state index in [1.54, 1.807) is 7.11 Å². The number of para-hydroxylation sites is 2. The van der Waals surface area contributed by atoms with Crippen molar-refractivity contribution in [1.82, 2.24) is 0 Å². The molecule has 0 radical (unpaired) electrons. The Hall–Kier alpha value is -2.29. The number of anilines is 1. The lowest BCUT2D eigenvalue weighted by Gasteiger charge is -2.46. The molecule has 2 aliphatic rings. The maximum Gasteiger partial charge on any atom is 0.240 e. The van der Waals surface area contributed by atoms with E-state index in [1.165, 1.54) is 40.8 Å². The molecule has 0 spiro atoms. The van der Waals surface area contributed by atoms with E-state index in [9.17, 15) is 0 Å². The number of rotatable bonds is 4. The van der Waals surface area contributed by atoms with Gasteiger partial charge in [-0.25, -0.2) is 4.90 Å². The van der Waals surface area contributed by atoms with Gasteiger partial charge in [-0.05, 0) is 69.4 Å². The minimum atomic E-state index is 0.139. The second-order valence-electron chi connectivity index (χ2n) is 9.75. The first-order valence-electron chi connectivity index (χ1n) is 10.8. The Kier molecular flexibility index (Phi) is 4.76. The molecular weight excluding hydrogens is 356 g/mol. The van der Waals surface area contributed by atoms with Crippen molar-refractivity contribution in [3.63, 3.8) is 0 Å². The van der Waals surface area contributed by atoms with Crippen LogP contribution in [0.1, 0.15) is 55.9 Å². The van der Waals surface area contributed by atoms with Gasteiger partial charge in [-0.1, -0.05) is 43.7 Å². The van der Waals surface area contributed by atoms with Crippen molar-refractivity contribution in [2.75, 3.05) is 12.0 Å². The van der Waals surface area contributed by atoms with E-state index in [1.807, 2.05) is 6.07 Å². The third-order valence-electron chi connectivity index (χ3n) is 7.89. The summed E-state index contributed by atoms with van der Waals surface area (Å²) < 4.78 is 8.33. The predicted octanol–water partition coefficient (Wildman–Crippen LogP) is 5.63. The second-order valence-corrected chi connectivity index (χ2v) is 9.75. The molecule has 0 aromatic heterocycles. The first-order chi connectivity index (χ1) is 13.7. The van der Waals surface area contributed by atoms with Crippen molar-refractivity contribution in [2.24, 2.45) is 5.41 Å². The fraction of sp³-hybridized carbons (Fsp3) is 0.500. The molecule has 2 atom stereocenters. The number of hydrogen-bond acceptors (Lipinski definition) is 2. The van der Waals surface area contributed by atoms with Crippen LogP contribution in [0.3, 0.4) is 0 Å². The van der Waals surface area contributed by atoms with Crippen LogP contribution in [0.25, 0.3) is 0 Å². The number of nitrogens with zero attached hydrogens (tertiary/aromatic N) is 2. The van der Waals surface area contributed by atoms with Crippen molar-refractivity contribution in [2.45, 2.75) is 72.5 Å². The molecule has 2 bridgehead atoms. The van der Waals surface area contributed by atoms with Crippen molar-refractivity contribution in [3.05, 3.63) is 58.7 Å². The Labute approximate surface area is 176 Å². The number of aryl methyl sites for hydroxylation is 3. The van der Waals surface area contributed by atoms with Crippen LogP contribution in [0.4, 0.5) is 5.69 Å². The number of methoxy groups -OCH3 is 1. The molecule has 0 N–H and O–H groups in total. The summed E-state index contributed by atoms with van der Waals surface area (Å²) in [6, 6.07) is 13.5. The zero-order chi connectivity index (χ0) is 21.0. The predicted molar refractivity (Wildman–Crippen MR) is 121 cm³/mol. The molecule has 4 rings (SSSR count). The maximum atomic E-state index is 5.72. The van der Waals surface area contributed by atoms with E-state index < -0.39 is 0 Å². The highest BCUT2D eigenvalue weighted by Gasteiger charge is 2.63. The molecule has 1 aliphatic heterocycles. The first-order valence-corrected chi connectivity index (χ1v) is 10.8. The molecule has 2 aromatic carbocycles. The average Bonchev–Trinajstić information content (AvgIpc) is 2.81. The summed E-state index contributed by atoms with van der Waals surface area (Å²) in [6.45, 7) is 15.0. The summed E-state index contributed by atoms with van der Waals surface area (Å²) in [5.41, 5.74) is 7.04. The Balaban J connectivity index is 1.84. The van der Waals surface area contributed by atoms with Crippen LogP contribution in [-0.4, -0.2) is 29.6 Å². The highest BCUT2D eigenvalue weighted by atomic mass is 16.5. The maximum absolute atomic E-state index is 5.72. The normalized spacial score (nSPS) is 25.1. The monoisotopic (exact) mass is 391 g/mol. The smallest absolute Gasteiger partial charge is 0.240 e. The topological polar surface area (TPSA) is 15.5 Å². The van der Waals surface area contributed by atoms with Gasteiger partial charge in [0, 0.05) is 5.41 Å². The van der Waals surface area contributed by atoms with Crippen LogP contribution < -0.4 is 9.64 Å². The zero-order valence-electron chi connectivity index (χ0n) is 19.0. The van der Waals surface area contributed by atoms with Crippen LogP contribution in [-0.2, 0) is 6.54 Å².